The molecule has 3 rings (SSSR count). The molecule has 0 aliphatic carbocycles. The van der Waals surface area contributed by atoms with E-state index in [1.54, 1.807) is 13.4 Å². The number of methoxy groups -OCH3 is 1. The number of para-hydroxylation sites is 2. The molecule has 0 aliphatic rings. The first-order chi connectivity index (χ1) is 11.8. The first-order valence-electron chi connectivity index (χ1n) is 8.04. The van der Waals surface area contributed by atoms with Gasteiger partial charge in [-0.1, -0.05) is 42.5 Å². The topological polar surface area (TPSA) is 56.1 Å². The summed E-state index contributed by atoms with van der Waals surface area (Å²) in [7, 11) is 1.66. The predicted octanol–water partition coefficient (Wildman–Crippen LogP) is 2.78. The molecular formula is C19H21N3O2. The lowest BCUT2D eigenvalue weighted by molar-refractivity contribution is -0.123. The van der Waals surface area contributed by atoms with Gasteiger partial charge in [-0.2, -0.15) is 0 Å². The number of hydrogen-bond acceptors (Lipinski definition) is 3. The predicted molar refractivity (Wildman–Crippen MR) is 93.8 cm³/mol. The Hall–Kier alpha value is -2.66. The Morgan fingerprint density at radius 1 is 1.17 bits per heavy atom. The Morgan fingerprint density at radius 2 is 1.92 bits per heavy atom. The zero-order chi connectivity index (χ0) is 16.8. The van der Waals surface area contributed by atoms with E-state index in [9.17, 15) is 4.79 Å². The summed E-state index contributed by atoms with van der Waals surface area (Å²) in [5.41, 5.74) is 2.76. The number of aromatic nitrogens is 2. The van der Waals surface area contributed by atoms with Gasteiger partial charge in [0, 0.05) is 20.3 Å². The van der Waals surface area contributed by atoms with Gasteiger partial charge in [-0.25, -0.2) is 4.98 Å². The van der Waals surface area contributed by atoms with Crippen molar-refractivity contribution >= 4 is 16.9 Å². The molecule has 0 spiro atoms. The van der Waals surface area contributed by atoms with E-state index in [1.165, 1.54) is 0 Å². The van der Waals surface area contributed by atoms with Gasteiger partial charge in [0.25, 0.3) is 0 Å². The number of fused-ring (bicyclic) bond motifs is 1. The second-order valence-corrected chi connectivity index (χ2v) is 5.59. The molecule has 1 heterocycles. The SMILES string of the molecule is COCCCNC(=O)[C@@H](c1ccccc1)n1cnc2ccccc21. The van der Waals surface area contributed by atoms with Crippen LogP contribution in [0.2, 0.25) is 0 Å². The van der Waals surface area contributed by atoms with Gasteiger partial charge in [-0.05, 0) is 24.1 Å². The number of imidazole rings is 1. The molecular weight excluding hydrogens is 302 g/mol. The van der Waals surface area contributed by atoms with Crippen LogP contribution in [0.3, 0.4) is 0 Å². The molecule has 24 heavy (non-hydrogen) atoms. The molecule has 2 aromatic carbocycles. The van der Waals surface area contributed by atoms with Crippen LogP contribution in [0.15, 0.2) is 60.9 Å². The van der Waals surface area contributed by atoms with Crippen LogP contribution < -0.4 is 5.32 Å². The highest BCUT2D eigenvalue weighted by atomic mass is 16.5. The van der Waals surface area contributed by atoms with E-state index in [1.807, 2.05) is 59.2 Å². The van der Waals surface area contributed by atoms with Crippen molar-refractivity contribution in [1.82, 2.24) is 14.9 Å². The monoisotopic (exact) mass is 323 g/mol. The number of ether oxygens (including phenoxy) is 1. The van der Waals surface area contributed by atoms with Crippen LogP contribution in [0.4, 0.5) is 0 Å². The summed E-state index contributed by atoms with van der Waals surface area (Å²) in [6.07, 6.45) is 2.52. The lowest BCUT2D eigenvalue weighted by Gasteiger charge is -2.19. The average molecular weight is 323 g/mol. The number of amides is 1. The number of rotatable bonds is 7. The second kappa shape index (κ2) is 7.75. The van der Waals surface area contributed by atoms with Crippen molar-refractivity contribution in [2.45, 2.75) is 12.5 Å². The van der Waals surface area contributed by atoms with E-state index in [0.717, 1.165) is 23.0 Å². The summed E-state index contributed by atoms with van der Waals surface area (Å²) in [5.74, 6) is -0.0412. The van der Waals surface area contributed by atoms with Crippen molar-refractivity contribution in [2.24, 2.45) is 0 Å². The number of nitrogens with zero attached hydrogens (tertiary/aromatic N) is 2. The fourth-order valence-corrected chi connectivity index (χ4v) is 2.78. The molecule has 3 aromatic rings. The average Bonchev–Trinajstić information content (AvgIpc) is 3.04. The molecule has 5 heteroatoms. The summed E-state index contributed by atoms with van der Waals surface area (Å²) in [4.78, 5) is 17.3. The fourth-order valence-electron chi connectivity index (χ4n) is 2.78. The first-order valence-corrected chi connectivity index (χ1v) is 8.04. The maximum atomic E-state index is 12.8. The van der Waals surface area contributed by atoms with Gasteiger partial charge in [-0.3, -0.25) is 4.79 Å². The zero-order valence-corrected chi connectivity index (χ0v) is 13.7. The lowest BCUT2D eigenvalue weighted by atomic mass is 10.1. The molecule has 0 aliphatic heterocycles. The maximum absolute atomic E-state index is 12.8. The summed E-state index contributed by atoms with van der Waals surface area (Å²) in [6.45, 7) is 1.22. The van der Waals surface area contributed by atoms with Crippen molar-refractivity contribution in [2.75, 3.05) is 20.3 Å². The van der Waals surface area contributed by atoms with Crippen molar-refractivity contribution in [3.05, 3.63) is 66.5 Å². The number of carbonyl (C=O) groups is 1. The minimum absolute atomic E-state index is 0.0412. The summed E-state index contributed by atoms with van der Waals surface area (Å²) < 4.78 is 6.96. The van der Waals surface area contributed by atoms with Crippen LogP contribution in [0.1, 0.15) is 18.0 Å². The van der Waals surface area contributed by atoms with Crippen LogP contribution in [0, 0.1) is 0 Å². The minimum atomic E-state index is -0.443. The standard InChI is InChI=1S/C19H21N3O2/c1-24-13-7-12-20-19(23)18(15-8-3-2-4-9-15)22-14-21-16-10-5-6-11-17(16)22/h2-6,8-11,14,18H,7,12-13H2,1H3,(H,20,23)/t18-/m1/s1. The fraction of sp³-hybridized carbons (Fsp3) is 0.263. The van der Waals surface area contributed by atoms with Crippen molar-refractivity contribution < 1.29 is 9.53 Å². The Morgan fingerprint density at radius 3 is 2.71 bits per heavy atom. The minimum Gasteiger partial charge on any atom is -0.385 e. The third kappa shape index (κ3) is 3.46. The van der Waals surface area contributed by atoms with Crippen LogP contribution in [-0.2, 0) is 9.53 Å². The van der Waals surface area contributed by atoms with Crippen LogP contribution in [0.25, 0.3) is 11.0 Å². The highest BCUT2D eigenvalue weighted by molar-refractivity contribution is 5.86. The molecule has 0 saturated carbocycles. The first kappa shape index (κ1) is 16.2. The van der Waals surface area contributed by atoms with Gasteiger partial charge in [0.1, 0.15) is 6.04 Å². The Kier molecular flexibility index (Phi) is 5.23. The highest BCUT2D eigenvalue weighted by Crippen LogP contribution is 2.23. The van der Waals surface area contributed by atoms with Crippen LogP contribution >= 0.6 is 0 Å². The summed E-state index contributed by atoms with van der Waals surface area (Å²) in [6, 6.07) is 17.2. The Bertz CT molecular complexity index is 798. The highest BCUT2D eigenvalue weighted by Gasteiger charge is 2.23. The van der Waals surface area contributed by atoms with Gasteiger partial charge >= 0.3 is 0 Å². The van der Waals surface area contributed by atoms with E-state index < -0.39 is 6.04 Å². The third-order valence-electron chi connectivity index (χ3n) is 3.95. The number of hydrogen-bond donors (Lipinski definition) is 1. The number of nitrogens with one attached hydrogen (secondary N) is 1. The van der Waals surface area contributed by atoms with E-state index in [-0.39, 0.29) is 5.91 Å². The van der Waals surface area contributed by atoms with Crippen molar-refractivity contribution in [3.63, 3.8) is 0 Å². The molecule has 124 valence electrons. The zero-order valence-electron chi connectivity index (χ0n) is 13.7. The maximum Gasteiger partial charge on any atom is 0.247 e. The Labute approximate surface area is 141 Å². The van der Waals surface area contributed by atoms with E-state index in [4.69, 9.17) is 4.74 Å². The molecule has 0 unspecified atom stereocenters. The molecule has 1 aromatic heterocycles. The summed E-state index contributed by atoms with van der Waals surface area (Å²) >= 11 is 0. The van der Waals surface area contributed by atoms with Gasteiger partial charge in [0.05, 0.1) is 17.4 Å². The smallest absolute Gasteiger partial charge is 0.247 e. The molecule has 0 bridgehead atoms. The van der Waals surface area contributed by atoms with Gasteiger partial charge in [0.15, 0.2) is 0 Å². The molecule has 0 radical (unpaired) electrons. The lowest BCUT2D eigenvalue weighted by Crippen LogP contribution is -2.34. The largest absolute Gasteiger partial charge is 0.385 e. The van der Waals surface area contributed by atoms with Gasteiger partial charge < -0.3 is 14.6 Å². The van der Waals surface area contributed by atoms with Gasteiger partial charge in [0.2, 0.25) is 5.91 Å². The summed E-state index contributed by atoms with van der Waals surface area (Å²) in [5, 5.41) is 3.00. The normalized spacial score (nSPS) is 12.2. The van der Waals surface area contributed by atoms with Gasteiger partial charge in [-0.15, -0.1) is 0 Å². The number of carbonyl (C=O) groups excluding carboxylic acids is 1. The number of benzene rings is 2. The molecule has 1 N–H and O–H groups in total. The van der Waals surface area contributed by atoms with E-state index in [0.29, 0.717) is 13.2 Å². The molecule has 1 amide bonds. The molecule has 0 saturated heterocycles. The molecule has 1 atom stereocenters. The van der Waals surface area contributed by atoms with Crippen molar-refractivity contribution in [3.8, 4) is 0 Å². The third-order valence-corrected chi connectivity index (χ3v) is 3.95. The quantitative estimate of drug-likeness (QED) is 0.680. The van der Waals surface area contributed by atoms with Crippen LogP contribution in [0.5, 0.6) is 0 Å². The molecule has 0 fully saturated rings. The van der Waals surface area contributed by atoms with E-state index >= 15 is 0 Å². The van der Waals surface area contributed by atoms with Crippen molar-refractivity contribution in [1.29, 1.82) is 0 Å². The molecule has 5 nitrogen and oxygen atoms in total. The van der Waals surface area contributed by atoms with E-state index in [2.05, 4.69) is 10.3 Å². The van der Waals surface area contributed by atoms with Crippen LogP contribution in [-0.4, -0.2) is 35.7 Å². The Balaban J connectivity index is 1.92. The second-order valence-electron chi connectivity index (χ2n) is 5.59.